The Hall–Kier alpha value is -2.66. The molecule has 0 aromatic carbocycles. The van der Waals surface area contributed by atoms with Gasteiger partial charge in [-0.15, -0.1) is 0 Å². The third kappa shape index (κ3) is 7.51. The summed E-state index contributed by atoms with van der Waals surface area (Å²) in [6.07, 6.45) is -0.277. The summed E-state index contributed by atoms with van der Waals surface area (Å²) in [7, 11) is 0. The van der Waals surface area contributed by atoms with Crippen LogP contribution in [0.25, 0.3) is 0 Å². The van der Waals surface area contributed by atoms with E-state index >= 15 is 0 Å². The number of pyridine rings is 1. The fourth-order valence-electron chi connectivity index (χ4n) is 5.04. The van der Waals surface area contributed by atoms with Gasteiger partial charge in [-0.05, 0) is 36.5 Å². The summed E-state index contributed by atoms with van der Waals surface area (Å²) in [5, 5.41) is 13.1. The van der Waals surface area contributed by atoms with Crippen LogP contribution in [0.4, 0.5) is 13.2 Å². The Morgan fingerprint density at radius 3 is 2.15 bits per heavy atom. The number of carbonyl (C=O) groups is 3. The zero-order valence-electron chi connectivity index (χ0n) is 22.1. The maximum Gasteiger partial charge on any atom is 0.433 e. The van der Waals surface area contributed by atoms with Crippen molar-refractivity contribution in [3.63, 3.8) is 0 Å². The molecular weight excluding hydrogens is 560 g/mol. The molecule has 0 saturated heterocycles. The van der Waals surface area contributed by atoms with E-state index in [0.29, 0.717) is 12.8 Å². The lowest BCUT2D eigenvalue weighted by Gasteiger charge is -2.37. The third-order valence-electron chi connectivity index (χ3n) is 6.80. The van der Waals surface area contributed by atoms with Crippen molar-refractivity contribution in [2.24, 2.45) is 10.8 Å². The van der Waals surface area contributed by atoms with Gasteiger partial charge in [-0.25, -0.2) is 0 Å². The van der Waals surface area contributed by atoms with Crippen LogP contribution in [-0.4, -0.2) is 55.5 Å². The molecular formula is C26H31Cl2F3N4O4. The summed E-state index contributed by atoms with van der Waals surface area (Å²) in [6.45, 7) is 6.58. The minimum absolute atomic E-state index is 0.0304. The number of Topliss-reactive ketones (excluding diaryl/α,β-unsaturated/α-hetero) is 1. The number of aromatic nitrogens is 3. The highest BCUT2D eigenvalue weighted by Crippen LogP contribution is 2.45. The van der Waals surface area contributed by atoms with E-state index in [1.54, 1.807) is 20.8 Å². The van der Waals surface area contributed by atoms with E-state index in [4.69, 9.17) is 23.2 Å². The van der Waals surface area contributed by atoms with Crippen LogP contribution >= 0.6 is 23.2 Å². The molecule has 13 heteroatoms. The highest BCUT2D eigenvalue weighted by atomic mass is 35.5. The molecule has 0 aliphatic heterocycles. The Balaban J connectivity index is 1.96. The number of carboxylic acid groups (broad SMARTS) is 1. The molecule has 0 unspecified atom stereocenters. The normalized spacial score (nSPS) is 20.1. The molecule has 39 heavy (non-hydrogen) atoms. The number of rotatable bonds is 8. The number of hydrogen-bond donors (Lipinski definition) is 1. The number of nitrogens with zero attached hydrogens (tertiary/aromatic N) is 4. The first-order chi connectivity index (χ1) is 17.9. The Morgan fingerprint density at radius 1 is 1.10 bits per heavy atom. The topological polar surface area (TPSA) is 105 Å². The van der Waals surface area contributed by atoms with Gasteiger partial charge in [-0.2, -0.15) is 18.3 Å². The first-order valence-corrected chi connectivity index (χ1v) is 13.2. The Morgan fingerprint density at radius 2 is 1.67 bits per heavy atom. The molecule has 1 saturated carbocycles. The zero-order chi connectivity index (χ0) is 29.3. The molecule has 1 amide bonds. The van der Waals surface area contributed by atoms with Gasteiger partial charge in [0.05, 0.1) is 46.4 Å². The molecule has 2 aromatic heterocycles. The van der Waals surface area contributed by atoms with E-state index in [1.165, 1.54) is 12.4 Å². The molecule has 1 fully saturated rings. The SMILES string of the molecule is CC(C)(C)CN(CC(=O)c1c(Cl)cncc1Cl)C(=O)c1cnn(C2CCC(C)(CC(=O)O)CC2)c1C(F)(F)F. The number of hydrogen-bond acceptors (Lipinski definition) is 5. The Labute approximate surface area is 234 Å². The van der Waals surface area contributed by atoms with Gasteiger partial charge in [0.15, 0.2) is 11.5 Å². The molecule has 8 nitrogen and oxygen atoms in total. The van der Waals surface area contributed by atoms with Crippen LogP contribution in [0.15, 0.2) is 18.6 Å². The van der Waals surface area contributed by atoms with E-state index in [0.717, 1.165) is 15.8 Å². The van der Waals surface area contributed by atoms with Crippen molar-refractivity contribution in [3.05, 3.63) is 45.5 Å². The van der Waals surface area contributed by atoms with Gasteiger partial charge in [0.2, 0.25) is 0 Å². The van der Waals surface area contributed by atoms with Crippen LogP contribution in [0.1, 0.15) is 92.3 Å². The van der Waals surface area contributed by atoms with Gasteiger partial charge < -0.3 is 10.0 Å². The minimum Gasteiger partial charge on any atom is -0.481 e. The fraction of sp³-hybridized carbons (Fsp3) is 0.577. The first-order valence-electron chi connectivity index (χ1n) is 12.4. The molecule has 0 spiro atoms. The molecule has 0 radical (unpaired) electrons. The van der Waals surface area contributed by atoms with Crippen molar-refractivity contribution in [1.29, 1.82) is 0 Å². The van der Waals surface area contributed by atoms with Gasteiger partial charge in [-0.1, -0.05) is 50.9 Å². The van der Waals surface area contributed by atoms with Crippen LogP contribution < -0.4 is 0 Å². The van der Waals surface area contributed by atoms with E-state index in [2.05, 4.69) is 10.1 Å². The number of halogens is 5. The lowest BCUT2D eigenvalue weighted by Crippen LogP contribution is -2.42. The molecule has 214 valence electrons. The average molecular weight is 591 g/mol. The summed E-state index contributed by atoms with van der Waals surface area (Å²) in [4.78, 5) is 42.8. The number of carboxylic acids is 1. The quantitative estimate of drug-likeness (QED) is 0.348. The maximum atomic E-state index is 14.4. The van der Waals surface area contributed by atoms with Crippen LogP contribution in [-0.2, 0) is 11.0 Å². The van der Waals surface area contributed by atoms with Crippen LogP contribution in [0.3, 0.4) is 0 Å². The van der Waals surface area contributed by atoms with Crippen LogP contribution in [0, 0.1) is 10.8 Å². The fourth-order valence-corrected chi connectivity index (χ4v) is 5.61. The Kier molecular flexibility index (Phi) is 9.06. The van der Waals surface area contributed by atoms with E-state index in [1.807, 2.05) is 6.92 Å². The number of carbonyl (C=O) groups excluding carboxylic acids is 2. The largest absolute Gasteiger partial charge is 0.481 e. The molecule has 3 rings (SSSR count). The van der Waals surface area contributed by atoms with E-state index in [9.17, 15) is 32.7 Å². The van der Waals surface area contributed by atoms with Crippen LogP contribution in [0.2, 0.25) is 10.0 Å². The smallest absolute Gasteiger partial charge is 0.433 e. The maximum absolute atomic E-state index is 14.4. The number of alkyl halides is 3. The number of aliphatic carboxylic acids is 1. The molecule has 2 aromatic rings. The number of ketones is 1. The van der Waals surface area contributed by atoms with Gasteiger partial charge in [-0.3, -0.25) is 24.0 Å². The second-order valence-corrected chi connectivity index (χ2v) is 12.4. The predicted molar refractivity (Wildman–Crippen MR) is 139 cm³/mol. The summed E-state index contributed by atoms with van der Waals surface area (Å²) < 4.78 is 44.0. The van der Waals surface area contributed by atoms with E-state index < -0.39 is 58.5 Å². The Bertz CT molecular complexity index is 1230. The second kappa shape index (κ2) is 11.4. The summed E-state index contributed by atoms with van der Waals surface area (Å²) in [6, 6.07) is -0.655. The third-order valence-corrected chi connectivity index (χ3v) is 7.37. The molecule has 0 atom stereocenters. The highest BCUT2D eigenvalue weighted by Gasteiger charge is 2.44. The molecule has 1 N–H and O–H groups in total. The molecule has 1 aliphatic rings. The zero-order valence-corrected chi connectivity index (χ0v) is 23.6. The number of amides is 1. The highest BCUT2D eigenvalue weighted by molar-refractivity contribution is 6.39. The summed E-state index contributed by atoms with van der Waals surface area (Å²) in [5.74, 6) is -2.60. The predicted octanol–water partition coefficient (Wildman–Crippen LogP) is 6.57. The monoisotopic (exact) mass is 590 g/mol. The van der Waals surface area contributed by atoms with Crippen molar-refractivity contribution in [1.82, 2.24) is 19.7 Å². The van der Waals surface area contributed by atoms with Gasteiger partial charge in [0.1, 0.15) is 0 Å². The average Bonchev–Trinajstić information content (AvgIpc) is 3.22. The molecule has 0 bridgehead atoms. The van der Waals surface area contributed by atoms with Crippen molar-refractivity contribution in [2.45, 2.75) is 72.0 Å². The van der Waals surface area contributed by atoms with Crippen molar-refractivity contribution >= 4 is 40.9 Å². The second-order valence-electron chi connectivity index (χ2n) is 11.6. The van der Waals surface area contributed by atoms with Gasteiger partial charge in [0, 0.05) is 18.9 Å². The van der Waals surface area contributed by atoms with E-state index in [-0.39, 0.29) is 41.4 Å². The standard InChI is InChI=1S/C26H31Cl2F3N4O4/c1-24(2,3)14-34(13-19(36)21-17(27)11-32-12-18(21)28)23(39)16-10-33-35(22(16)26(29,30)31)15-5-7-25(4,8-6-15)9-20(37)38/h10-12,15H,5-9,13-14H2,1-4H3,(H,37,38). The summed E-state index contributed by atoms with van der Waals surface area (Å²) >= 11 is 12.2. The lowest BCUT2D eigenvalue weighted by atomic mass is 9.72. The van der Waals surface area contributed by atoms with Crippen molar-refractivity contribution < 1.29 is 32.7 Å². The first kappa shape index (κ1) is 30.9. The van der Waals surface area contributed by atoms with Crippen LogP contribution in [0.5, 0.6) is 0 Å². The van der Waals surface area contributed by atoms with Crippen molar-refractivity contribution in [2.75, 3.05) is 13.1 Å². The lowest BCUT2D eigenvalue weighted by molar-refractivity contribution is -0.145. The van der Waals surface area contributed by atoms with Gasteiger partial charge in [0.25, 0.3) is 5.91 Å². The van der Waals surface area contributed by atoms with Gasteiger partial charge >= 0.3 is 12.1 Å². The molecule has 2 heterocycles. The minimum atomic E-state index is -4.90. The molecule has 1 aliphatic carbocycles. The summed E-state index contributed by atoms with van der Waals surface area (Å²) in [5.41, 5.74) is -3.01. The van der Waals surface area contributed by atoms with Crippen molar-refractivity contribution in [3.8, 4) is 0 Å².